The van der Waals surface area contributed by atoms with E-state index in [9.17, 15) is 4.79 Å². The molecule has 1 aromatic carbocycles. The highest BCUT2D eigenvalue weighted by Crippen LogP contribution is 2.28. The minimum Gasteiger partial charge on any atom is -0.497 e. The van der Waals surface area contributed by atoms with Crippen molar-refractivity contribution in [3.63, 3.8) is 0 Å². The zero-order valence-electron chi connectivity index (χ0n) is 15.2. The number of carbonyl (C=O) groups is 1. The van der Waals surface area contributed by atoms with Gasteiger partial charge < -0.3 is 18.9 Å². The van der Waals surface area contributed by atoms with Crippen LogP contribution in [0.3, 0.4) is 0 Å². The first-order chi connectivity index (χ1) is 12.0. The van der Waals surface area contributed by atoms with Gasteiger partial charge in [-0.3, -0.25) is 4.79 Å². The van der Waals surface area contributed by atoms with Gasteiger partial charge in [0.05, 0.1) is 19.9 Å². The maximum Gasteiger partial charge on any atom is 0.207 e. The monoisotopic (exact) mass is 340 g/mol. The van der Waals surface area contributed by atoms with Crippen LogP contribution in [0.15, 0.2) is 42.2 Å². The number of hydrogen-bond donors (Lipinski definition) is 0. The van der Waals surface area contributed by atoms with Crippen molar-refractivity contribution in [1.29, 1.82) is 0 Å². The second-order valence-corrected chi connectivity index (χ2v) is 6.49. The Balaban J connectivity index is 1.94. The number of Topliss-reactive ketones (excluding diaryl/α,β-unsaturated/α-hetero) is 1. The minimum absolute atomic E-state index is 0.120. The first-order valence-corrected chi connectivity index (χ1v) is 8.33. The maximum absolute atomic E-state index is 12.9. The first kappa shape index (κ1) is 17.1. The van der Waals surface area contributed by atoms with Crippen LogP contribution in [-0.2, 0) is 13.0 Å². The largest absolute Gasteiger partial charge is 0.497 e. The zero-order valence-corrected chi connectivity index (χ0v) is 15.2. The summed E-state index contributed by atoms with van der Waals surface area (Å²) in [6.07, 6.45) is 5.61. The molecule has 1 aliphatic rings. The van der Waals surface area contributed by atoms with Crippen LogP contribution in [0, 0.1) is 0 Å². The van der Waals surface area contributed by atoms with E-state index >= 15 is 0 Å². The third kappa shape index (κ3) is 3.55. The van der Waals surface area contributed by atoms with Crippen LogP contribution < -0.4 is 9.47 Å². The fourth-order valence-corrected chi connectivity index (χ4v) is 3.25. The number of ether oxygens (including phenoxy) is 2. The summed E-state index contributed by atoms with van der Waals surface area (Å²) in [6.45, 7) is 0.601. The van der Waals surface area contributed by atoms with Crippen LogP contribution in [0.2, 0.25) is 0 Å². The molecule has 0 amide bonds. The van der Waals surface area contributed by atoms with Crippen molar-refractivity contribution in [3.8, 4) is 11.5 Å². The van der Waals surface area contributed by atoms with Crippen LogP contribution in [0.5, 0.6) is 11.5 Å². The third-order valence-corrected chi connectivity index (χ3v) is 4.40. The average Bonchev–Trinajstić information content (AvgIpc) is 3.00. The van der Waals surface area contributed by atoms with E-state index in [2.05, 4.69) is 6.07 Å². The molecule has 132 valence electrons. The summed E-state index contributed by atoms with van der Waals surface area (Å²) in [5, 5.41) is 0. The Hall–Kier alpha value is -2.69. The topological polar surface area (TPSA) is 43.7 Å². The Morgan fingerprint density at radius 3 is 2.40 bits per heavy atom. The number of rotatable bonds is 5. The maximum atomic E-state index is 12.9. The molecule has 1 aromatic heterocycles. The average molecular weight is 340 g/mol. The van der Waals surface area contributed by atoms with Gasteiger partial charge in [-0.25, -0.2) is 0 Å². The molecule has 1 aliphatic carbocycles. The number of ketones is 1. The fraction of sp³-hybridized carbons (Fsp3) is 0.350. The van der Waals surface area contributed by atoms with Crippen LogP contribution in [0.25, 0.3) is 0 Å². The molecule has 0 bridgehead atoms. The molecule has 0 radical (unpaired) electrons. The van der Waals surface area contributed by atoms with E-state index in [-0.39, 0.29) is 5.78 Å². The molecule has 0 N–H and O–H groups in total. The fourth-order valence-electron chi connectivity index (χ4n) is 3.25. The zero-order chi connectivity index (χ0) is 18.0. The number of fused-ring (bicyclic) bond motifs is 1. The molecule has 0 saturated heterocycles. The molecule has 0 saturated carbocycles. The highest BCUT2D eigenvalue weighted by molar-refractivity contribution is 6.09. The number of allylic oxidation sites excluding steroid dienone is 1. The minimum atomic E-state index is 0.120. The van der Waals surface area contributed by atoms with E-state index in [0.29, 0.717) is 6.54 Å². The van der Waals surface area contributed by atoms with Crippen molar-refractivity contribution in [3.05, 3.63) is 59.1 Å². The molecule has 0 unspecified atom stereocenters. The smallest absolute Gasteiger partial charge is 0.207 e. The number of aryl methyl sites for hydroxylation is 1. The van der Waals surface area contributed by atoms with E-state index in [0.717, 1.165) is 46.7 Å². The summed E-state index contributed by atoms with van der Waals surface area (Å²) < 4.78 is 12.7. The van der Waals surface area contributed by atoms with E-state index < -0.39 is 0 Å². The van der Waals surface area contributed by atoms with Gasteiger partial charge in [0.25, 0.3) is 0 Å². The molecule has 0 aliphatic heterocycles. The first-order valence-electron chi connectivity index (χ1n) is 8.33. The number of aromatic nitrogens is 1. The molecule has 2 aromatic rings. The Morgan fingerprint density at radius 1 is 1.12 bits per heavy atom. The van der Waals surface area contributed by atoms with Gasteiger partial charge in [-0.05, 0) is 42.2 Å². The quantitative estimate of drug-likeness (QED) is 0.785. The molecule has 1 heterocycles. The molecule has 3 rings (SSSR count). The summed E-state index contributed by atoms with van der Waals surface area (Å²) in [5.41, 5.74) is 3.81. The number of hydrogen-bond acceptors (Lipinski definition) is 4. The standard InChI is InChI=1S/C20H24N2O3/c1-21(2)13-16-6-5-15-7-8-22(19(15)20(16)23)12-14-9-17(24-3)11-18(10-14)25-4/h7-11,13H,5-6,12H2,1-4H3/b16-13-. The lowest BCUT2D eigenvalue weighted by molar-refractivity contribution is 0.101. The van der Waals surface area contributed by atoms with Crippen molar-refractivity contribution in [1.82, 2.24) is 9.47 Å². The van der Waals surface area contributed by atoms with Gasteiger partial charge in [-0.15, -0.1) is 0 Å². The van der Waals surface area contributed by atoms with Crippen molar-refractivity contribution in [2.75, 3.05) is 28.3 Å². The molecule has 0 fully saturated rings. The summed E-state index contributed by atoms with van der Waals surface area (Å²) in [5.74, 6) is 1.61. The van der Waals surface area contributed by atoms with Gasteiger partial charge in [0.15, 0.2) is 0 Å². The molecule has 5 heteroatoms. The Labute approximate surface area is 148 Å². The van der Waals surface area contributed by atoms with E-state index in [1.807, 2.05) is 54.2 Å². The number of methoxy groups -OCH3 is 2. The summed E-state index contributed by atoms with van der Waals surface area (Å²) >= 11 is 0. The number of benzene rings is 1. The summed E-state index contributed by atoms with van der Waals surface area (Å²) in [7, 11) is 7.16. The second-order valence-electron chi connectivity index (χ2n) is 6.49. The van der Waals surface area contributed by atoms with Crippen LogP contribution in [0.1, 0.15) is 28.0 Å². The van der Waals surface area contributed by atoms with Gasteiger partial charge in [-0.2, -0.15) is 0 Å². The van der Waals surface area contributed by atoms with Crippen molar-refractivity contribution >= 4 is 5.78 Å². The Bertz CT molecular complexity index is 796. The second kappa shape index (κ2) is 7.05. The molecule has 25 heavy (non-hydrogen) atoms. The Morgan fingerprint density at radius 2 is 1.80 bits per heavy atom. The lowest BCUT2D eigenvalue weighted by Crippen LogP contribution is -2.20. The Kier molecular flexibility index (Phi) is 4.83. The molecule has 0 spiro atoms. The van der Waals surface area contributed by atoms with E-state index in [1.165, 1.54) is 0 Å². The van der Waals surface area contributed by atoms with Crippen LogP contribution in [0.4, 0.5) is 0 Å². The SMILES string of the molecule is COc1cc(Cn2ccc3c2C(=O)/C(=C\N(C)C)CC3)cc(OC)c1. The summed E-state index contributed by atoms with van der Waals surface area (Å²) in [6, 6.07) is 7.84. The van der Waals surface area contributed by atoms with Crippen molar-refractivity contribution in [2.45, 2.75) is 19.4 Å². The third-order valence-electron chi connectivity index (χ3n) is 4.40. The van der Waals surface area contributed by atoms with Gasteiger partial charge in [0.1, 0.15) is 11.5 Å². The van der Waals surface area contributed by atoms with E-state index in [1.54, 1.807) is 14.2 Å². The lowest BCUT2D eigenvalue weighted by Gasteiger charge is -2.19. The highest BCUT2D eigenvalue weighted by Gasteiger charge is 2.25. The van der Waals surface area contributed by atoms with Gasteiger partial charge >= 0.3 is 0 Å². The summed E-state index contributed by atoms with van der Waals surface area (Å²) in [4.78, 5) is 14.8. The number of carbonyl (C=O) groups excluding carboxylic acids is 1. The predicted molar refractivity (Wildman–Crippen MR) is 97.5 cm³/mol. The van der Waals surface area contributed by atoms with Crippen molar-refractivity contribution < 1.29 is 14.3 Å². The number of nitrogens with zero attached hydrogens (tertiary/aromatic N) is 2. The molecular weight excluding hydrogens is 316 g/mol. The lowest BCUT2D eigenvalue weighted by atomic mass is 9.92. The van der Waals surface area contributed by atoms with Gasteiger partial charge in [0.2, 0.25) is 5.78 Å². The molecular formula is C20H24N2O3. The molecule has 0 atom stereocenters. The predicted octanol–water partition coefficient (Wildman–Crippen LogP) is 3.13. The normalized spacial score (nSPS) is 15.2. The van der Waals surface area contributed by atoms with E-state index in [4.69, 9.17) is 9.47 Å². The van der Waals surface area contributed by atoms with Gasteiger partial charge in [0, 0.05) is 44.7 Å². The molecule has 5 nitrogen and oxygen atoms in total. The van der Waals surface area contributed by atoms with Gasteiger partial charge in [-0.1, -0.05) is 0 Å². The van der Waals surface area contributed by atoms with Crippen LogP contribution in [-0.4, -0.2) is 43.6 Å². The highest BCUT2D eigenvalue weighted by atomic mass is 16.5. The van der Waals surface area contributed by atoms with Crippen LogP contribution >= 0.6 is 0 Å². The van der Waals surface area contributed by atoms with Crippen molar-refractivity contribution in [2.24, 2.45) is 0 Å².